The SMILES string of the molecule is N#Cc1c2c(c[nH]c1=O)C(=O)c1ccccc1-2. The fourth-order valence-corrected chi connectivity index (χ4v) is 2.14. The molecule has 17 heavy (non-hydrogen) atoms. The molecule has 1 aliphatic carbocycles. The van der Waals surface area contributed by atoms with Crippen LogP contribution in [0.4, 0.5) is 0 Å². The molecule has 2 aromatic rings. The Kier molecular flexibility index (Phi) is 1.77. The van der Waals surface area contributed by atoms with Gasteiger partial charge in [0.1, 0.15) is 11.6 Å². The van der Waals surface area contributed by atoms with Crippen molar-refractivity contribution in [2.45, 2.75) is 0 Å². The Bertz CT molecular complexity index is 751. The fourth-order valence-electron chi connectivity index (χ4n) is 2.14. The van der Waals surface area contributed by atoms with Crippen molar-refractivity contribution in [1.82, 2.24) is 4.98 Å². The van der Waals surface area contributed by atoms with E-state index in [1.807, 2.05) is 6.07 Å². The second-order valence-electron chi connectivity index (χ2n) is 3.77. The Morgan fingerprint density at radius 1 is 1.06 bits per heavy atom. The van der Waals surface area contributed by atoms with Crippen LogP contribution in [0, 0.1) is 11.3 Å². The van der Waals surface area contributed by atoms with E-state index < -0.39 is 5.56 Å². The number of nitrogens with zero attached hydrogens (tertiary/aromatic N) is 1. The molecule has 0 saturated heterocycles. The number of nitrogens with one attached hydrogen (secondary N) is 1. The minimum absolute atomic E-state index is 0.000741. The van der Waals surface area contributed by atoms with E-state index in [1.165, 1.54) is 6.20 Å². The third kappa shape index (κ3) is 1.11. The molecule has 0 amide bonds. The van der Waals surface area contributed by atoms with Crippen molar-refractivity contribution in [3.63, 3.8) is 0 Å². The fraction of sp³-hybridized carbons (Fsp3) is 0. The number of nitriles is 1. The van der Waals surface area contributed by atoms with Crippen molar-refractivity contribution in [3.05, 3.63) is 57.5 Å². The first kappa shape index (κ1) is 9.55. The number of hydrogen-bond acceptors (Lipinski definition) is 3. The highest BCUT2D eigenvalue weighted by Gasteiger charge is 2.29. The molecule has 4 heteroatoms. The van der Waals surface area contributed by atoms with Crippen molar-refractivity contribution in [1.29, 1.82) is 5.26 Å². The quantitative estimate of drug-likeness (QED) is 0.625. The summed E-state index contributed by atoms with van der Waals surface area (Å²) in [6.07, 6.45) is 1.38. The molecular weight excluding hydrogens is 216 g/mol. The lowest BCUT2D eigenvalue weighted by Crippen LogP contribution is -2.12. The third-order valence-corrected chi connectivity index (χ3v) is 2.89. The summed E-state index contributed by atoms with van der Waals surface area (Å²) in [6, 6.07) is 8.85. The first-order valence-electron chi connectivity index (χ1n) is 5.04. The molecule has 1 aromatic heterocycles. The summed E-state index contributed by atoms with van der Waals surface area (Å²) in [7, 11) is 0. The summed E-state index contributed by atoms with van der Waals surface area (Å²) in [5.74, 6) is -0.150. The smallest absolute Gasteiger partial charge is 0.266 e. The zero-order valence-corrected chi connectivity index (χ0v) is 8.65. The Labute approximate surface area is 96.1 Å². The minimum Gasteiger partial charge on any atom is -0.327 e. The number of aromatic amines is 1. The van der Waals surface area contributed by atoms with Crippen LogP contribution in [0.5, 0.6) is 0 Å². The molecular formula is C13H6N2O2. The number of rotatable bonds is 0. The largest absolute Gasteiger partial charge is 0.327 e. The van der Waals surface area contributed by atoms with Crippen molar-refractivity contribution in [2.24, 2.45) is 0 Å². The van der Waals surface area contributed by atoms with E-state index in [1.54, 1.807) is 24.3 Å². The second kappa shape index (κ2) is 3.16. The summed E-state index contributed by atoms with van der Waals surface area (Å²) >= 11 is 0. The zero-order valence-electron chi connectivity index (χ0n) is 8.65. The van der Waals surface area contributed by atoms with Crippen LogP contribution in [0.1, 0.15) is 21.5 Å². The first-order valence-corrected chi connectivity index (χ1v) is 5.04. The van der Waals surface area contributed by atoms with Crippen LogP contribution >= 0.6 is 0 Å². The third-order valence-electron chi connectivity index (χ3n) is 2.89. The summed E-state index contributed by atoms with van der Waals surface area (Å²) in [6.45, 7) is 0. The average molecular weight is 222 g/mol. The number of carbonyl (C=O) groups excluding carboxylic acids is 1. The van der Waals surface area contributed by atoms with Gasteiger partial charge in [0.25, 0.3) is 5.56 Å². The maximum atomic E-state index is 12.0. The highest BCUT2D eigenvalue weighted by Crippen LogP contribution is 2.36. The van der Waals surface area contributed by atoms with E-state index in [4.69, 9.17) is 5.26 Å². The number of carbonyl (C=O) groups is 1. The van der Waals surface area contributed by atoms with Crippen LogP contribution in [0.2, 0.25) is 0 Å². The number of aromatic nitrogens is 1. The second-order valence-corrected chi connectivity index (χ2v) is 3.77. The molecule has 1 aliphatic rings. The molecule has 3 rings (SSSR count). The molecule has 0 radical (unpaired) electrons. The summed E-state index contributed by atoms with van der Waals surface area (Å²) < 4.78 is 0. The molecule has 0 fully saturated rings. The number of hydrogen-bond donors (Lipinski definition) is 1. The molecule has 0 atom stereocenters. The van der Waals surface area contributed by atoms with Gasteiger partial charge in [-0.25, -0.2) is 0 Å². The van der Waals surface area contributed by atoms with Crippen LogP contribution in [0.15, 0.2) is 35.3 Å². The van der Waals surface area contributed by atoms with Crippen molar-refractivity contribution < 1.29 is 4.79 Å². The molecule has 80 valence electrons. The number of fused-ring (bicyclic) bond motifs is 3. The molecule has 4 nitrogen and oxygen atoms in total. The van der Waals surface area contributed by atoms with Crippen LogP contribution in [0.25, 0.3) is 11.1 Å². The number of benzene rings is 1. The predicted octanol–water partition coefficient (Wildman–Crippen LogP) is 1.46. The molecule has 1 N–H and O–H groups in total. The lowest BCUT2D eigenvalue weighted by atomic mass is 10.0. The molecule has 0 spiro atoms. The highest BCUT2D eigenvalue weighted by atomic mass is 16.1. The monoisotopic (exact) mass is 222 g/mol. The Morgan fingerprint density at radius 2 is 1.76 bits per heavy atom. The van der Waals surface area contributed by atoms with Crippen molar-refractivity contribution in [3.8, 4) is 17.2 Å². The van der Waals surface area contributed by atoms with Gasteiger partial charge in [-0.3, -0.25) is 9.59 Å². The number of H-pyrrole nitrogens is 1. The van der Waals surface area contributed by atoms with Gasteiger partial charge in [-0.2, -0.15) is 5.26 Å². The van der Waals surface area contributed by atoms with Gasteiger partial charge in [0.2, 0.25) is 0 Å². The van der Waals surface area contributed by atoms with E-state index in [9.17, 15) is 9.59 Å². The molecule has 0 aliphatic heterocycles. The van der Waals surface area contributed by atoms with Gasteiger partial charge < -0.3 is 4.98 Å². The summed E-state index contributed by atoms with van der Waals surface area (Å²) in [4.78, 5) is 26.0. The molecule has 0 saturated carbocycles. The normalized spacial score (nSPS) is 11.8. The maximum absolute atomic E-state index is 12.0. The van der Waals surface area contributed by atoms with E-state index in [0.717, 1.165) is 0 Å². The van der Waals surface area contributed by atoms with Gasteiger partial charge in [0.15, 0.2) is 5.78 Å². The van der Waals surface area contributed by atoms with Gasteiger partial charge in [-0.15, -0.1) is 0 Å². The molecule has 1 heterocycles. The van der Waals surface area contributed by atoms with E-state index in [-0.39, 0.29) is 11.3 Å². The van der Waals surface area contributed by atoms with Gasteiger partial charge in [-0.1, -0.05) is 24.3 Å². The number of ketones is 1. The summed E-state index contributed by atoms with van der Waals surface area (Å²) in [5, 5.41) is 9.01. The number of pyridine rings is 1. The van der Waals surface area contributed by atoms with Gasteiger partial charge in [-0.05, 0) is 5.56 Å². The molecule has 1 aromatic carbocycles. The topological polar surface area (TPSA) is 73.7 Å². The molecule has 0 bridgehead atoms. The van der Waals surface area contributed by atoms with Crippen LogP contribution in [-0.2, 0) is 0 Å². The highest BCUT2D eigenvalue weighted by molar-refractivity contribution is 6.22. The van der Waals surface area contributed by atoms with Crippen molar-refractivity contribution >= 4 is 5.78 Å². The van der Waals surface area contributed by atoms with Crippen LogP contribution < -0.4 is 5.56 Å². The standard InChI is InChI=1S/C13H6N2O2/c14-5-9-11-7-3-1-2-4-8(7)12(16)10(11)6-15-13(9)17/h1-4,6H,(H,15,17). The van der Waals surface area contributed by atoms with Crippen LogP contribution in [-0.4, -0.2) is 10.8 Å². The average Bonchev–Trinajstić information content (AvgIpc) is 2.64. The first-order chi connectivity index (χ1) is 8.24. The maximum Gasteiger partial charge on any atom is 0.266 e. The summed E-state index contributed by atoms with van der Waals surface area (Å²) in [5.41, 5.74) is 1.59. The van der Waals surface area contributed by atoms with Crippen molar-refractivity contribution in [2.75, 3.05) is 0 Å². The Morgan fingerprint density at radius 3 is 2.47 bits per heavy atom. The lowest BCUT2D eigenvalue weighted by molar-refractivity contribution is 0.104. The van der Waals surface area contributed by atoms with E-state index in [2.05, 4.69) is 4.98 Å². The van der Waals surface area contributed by atoms with Gasteiger partial charge in [0, 0.05) is 22.9 Å². The lowest BCUT2D eigenvalue weighted by Gasteiger charge is -2.00. The minimum atomic E-state index is -0.462. The van der Waals surface area contributed by atoms with E-state index >= 15 is 0 Å². The van der Waals surface area contributed by atoms with E-state index in [0.29, 0.717) is 22.3 Å². The van der Waals surface area contributed by atoms with Crippen LogP contribution in [0.3, 0.4) is 0 Å². The Hall–Kier alpha value is -2.67. The zero-order chi connectivity index (χ0) is 12.0. The predicted molar refractivity (Wildman–Crippen MR) is 60.6 cm³/mol. The van der Waals surface area contributed by atoms with Gasteiger partial charge in [0.05, 0.1) is 0 Å². The van der Waals surface area contributed by atoms with Gasteiger partial charge >= 0.3 is 0 Å². The Balaban J connectivity index is 2.51. The molecule has 0 unspecified atom stereocenters.